The van der Waals surface area contributed by atoms with Gasteiger partial charge in [-0.15, -0.1) is 0 Å². The van der Waals surface area contributed by atoms with E-state index < -0.39 is 0 Å². The molecule has 86 valence electrons. The van der Waals surface area contributed by atoms with Crippen molar-refractivity contribution < 1.29 is 4.74 Å². The van der Waals surface area contributed by atoms with Crippen LogP contribution in [0.5, 0.6) is 0 Å². The molecule has 1 unspecified atom stereocenters. The third-order valence-corrected chi connectivity index (χ3v) is 2.15. The lowest BCUT2D eigenvalue weighted by Crippen LogP contribution is -2.23. The number of aromatic nitrogens is 2. The molecular formula is C11H21N3O. The van der Waals surface area contributed by atoms with E-state index in [-0.39, 0.29) is 12.1 Å². The minimum atomic E-state index is -0.131. The highest BCUT2D eigenvalue weighted by Gasteiger charge is 2.12. The molecule has 0 aliphatic carbocycles. The number of nitrogens with two attached hydrogens (primary N) is 1. The largest absolute Gasteiger partial charge is 0.377 e. The van der Waals surface area contributed by atoms with E-state index in [1.807, 2.05) is 20.0 Å². The molecule has 0 bridgehead atoms. The predicted molar refractivity (Wildman–Crippen MR) is 60.5 cm³/mol. The lowest BCUT2D eigenvalue weighted by Gasteiger charge is -2.15. The number of rotatable bonds is 6. The Morgan fingerprint density at radius 1 is 1.53 bits per heavy atom. The summed E-state index contributed by atoms with van der Waals surface area (Å²) in [5.41, 5.74) is 6.01. The summed E-state index contributed by atoms with van der Waals surface area (Å²) in [6.07, 6.45) is 5.06. The quantitative estimate of drug-likeness (QED) is 0.779. The van der Waals surface area contributed by atoms with Gasteiger partial charge in [-0.2, -0.15) is 0 Å². The summed E-state index contributed by atoms with van der Waals surface area (Å²) in [4.78, 5) is 4.27. The van der Waals surface area contributed by atoms with Gasteiger partial charge >= 0.3 is 0 Å². The van der Waals surface area contributed by atoms with Crippen molar-refractivity contribution in [3.8, 4) is 0 Å². The number of ether oxygens (including phenoxy) is 1. The van der Waals surface area contributed by atoms with E-state index >= 15 is 0 Å². The van der Waals surface area contributed by atoms with Gasteiger partial charge in [0, 0.05) is 18.9 Å². The van der Waals surface area contributed by atoms with Crippen LogP contribution < -0.4 is 5.73 Å². The summed E-state index contributed by atoms with van der Waals surface area (Å²) in [5.74, 6) is 0.914. The first kappa shape index (κ1) is 12.2. The van der Waals surface area contributed by atoms with Crippen LogP contribution in [0.1, 0.15) is 39.1 Å². The van der Waals surface area contributed by atoms with Gasteiger partial charge in [0.2, 0.25) is 0 Å². The maximum absolute atomic E-state index is 6.01. The first-order valence-electron chi connectivity index (χ1n) is 5.53. The topological polar surface area (TPSA) is 53.1 Å². The van der Waals surface area contributed by atoms with E-state index in [4.69, 9.17) is 10.5 Å². The third-order valence-electron chi connectivity index (χ3n) is 2.15. The summed E-state index contributed by atoms with van der Waals surface area (Å²) in [6, 6.07) is -0.131. The highest BCUT2D eigenvalue weighted by molar-refractivity contribution is 4.98. The molecule has 0 saturated carbocycles. The van der Waals surface area contributed by atoms with Crippen molar-refractivity contribution in [3.05, 3.63) is 18.2 Å². The van der Waals surface area contributed by atoms with Gasteiger partial charge in [-0.3, -0.25) is 0 Å². The molecule has 0 fully saturated rings. The third kappa shape index (κ3) is 3.64. The minimum Gasteiger partial charge on any atom is -0.377 e. The standard InChI is InChI=1S/C11H21N3O/c1-4-6-14-7-5-13-11(14)10(12)8-15-9(2)3/h5,7,9-10H,4,6,8,12H2,1-3H3. The van der Waals surface area contributed by atoms with Crippen LogP contribution in [0.4, 0.5) is 0 Å². The van der Waals surface area contributed by atoms with Gasteiger partial charge in [0.15, 0.2) is 0 Å². The first-order valence-corrected chi connectivity index (χ1v) is 5.53. The van der Waals surface area contributed by atoms with Crippen molar-refractivity contribution in [2.75, 3.05) is 6.61 Å². The Labute approximate surface area is 91.4 Å². The molecule has 0 amide bonds. The van der Waals surface area contributed by atoms with Gasteiger partial charge < -0.3 is 15.0 Å². The van der Waals surface area contributed by atoms with E-state index in [2.05, 4.69) is 16.5 Å². The van der Waals surface area contributed by atoms with E-state index in [0.29, 0.717) is 6.61 Å². The SMILES string of the molecule is CCCn1ccnc1C(N)COC(C)C. The zero-order chi connectivity index (χ0) is 11.3. The Hall–Kier alpha value is -0.870. The zero-order valence-electron chi connectivity index (χ0n) is 9.81. The molecule has 0 aliphatic rings. The molecule has 4 nitrogen and oxygen atoms in total. The molecule has 1 aromatic rings. The zero-order valence-corrected chi connectivity index (χ0v) is 9.81. The molecule has 2 N–H and O–H groups in total. The van der Waals surface area contributed by atoms with Crippen molar-refractivity contribution in [1.82, 2.24) is 9.55 Å². The number of hydrogen-bond donors (Lipinski definition) is 1. The molecular weight excluding hydrogens is 190 g/mol. The summed E-state index contributed by atoms with van der Waals surface area (Å²) < 4.78 is 7.57. The number of aryl methyl sites for hydroxylation is 1. The second-order valence-electron chi connectivity index (χ2n) is 3.97. The van der Waals surface area contributed by atoms with E-state index in [1.165, 1.54) is 0 Å². The molecule has 0 aliphatic heterocycles. The van der Waals surface area contributed by atoms with Crippen molar-refractivity contribution in [2.45, 2.75) is 45.9 Å². The number of nitrogens with zero attached hydrogens (tertiary/aromatic N) is 2. The average Bonchev–Trinajstić information content (AvgIpc) is 2.63. The van der Waals surface area contributed by atoms with Crippen molar-refractivity contribution in [3.63, 3.8) is 0 Å². The summed E-state index contributed by atoms with van der Waals surface area (Å²) in [5, 5.41) is 0. The van der Waals surface area contributed by atoms with Crippen molar-refractivity contribution in [2.24, 2.45) is 5.73 Å². The van der Waals surface area contributed by atoms with Crippen molar-refractivity contribution >= 4 is 0 Å². The van der Waals surface area contributed by atoms with Crippen LogP contribution in [-0.4, -0.2) is 22.3 Å². The van der Waals surface area contributed by atoms with Gasteiger partial charge in [-0.05, 0) is 20.3 Å². The fraction of sp³-hybridized carbons (Fsp3) is 0.727. The minimum absolute atomic E-state index is 0.131. The monoisotopic (exact) mass is 211 g/mol. The van der Waals surface area contributed by atoms with Crippen LogP contribution in [0.15, 0.2) is 12.4 Å². The maximum atomic E-state index is 6.01. The molecule has 0 saturated heterocycles. The van der Waals surface area contributed by atoms with E-state index in [1.54, 1.807) is 6.20 Å². The molecule has 1 rings (SSSR count). The molecule has 4 heteroatoms. The lowest BCUT2D eigenvalue weighted by atomic mass is 10.3. The van der Waals surface area contributed by atoms with Crippen LogP contribution in [0.25, 0.3) is 0 Å². The average molecular weight is 211 g/mol. The van der Waals surface area contributed by atoms with E-state index in [9.17, 15) is 0 Å². The van der Waals surface area contributed by atoms with Gasteiger partial charge in [0.1, 0.15) is 5.82 Å². The van der Waals surface area contributed by atoms with Crippen LogP contribution in [0.2, 0.25) is 0 Å². The molecule has 0 spiro atoms. The molecule has 1 atom stereocenters. The van der Waals surface area contributed by atoms with Crippen LogP contribution in [0.3, 0.4) is 0 Å². The van der Waals surface area contributed by atoms with Gasteiger partial charge in [-0.1, -0.05) is 6.92 Å². The van der Waals surface area contributed by atoms with Gasteiger partial charge in [-0.25, -0.2) is 4.98 Å². The highest BCUT2D eigenvalue weighted by Crippen LogP contribution is 2.10. The predicted octanol–water partition coefficient (Wildman–Crippen LogP) is 1.72. The Morgan fingerprint density at radius 3 is 2.87 bits per heavy atom. The van der Waals surface area contributed by atoms with Crippen LogP contribution >= 0.6 is 0 Å². The summed E-state index contributed by atoms with van der Waals surface area (Å²) >= 11 is 0. The normalized spacial score (nSPS) is 13.4. The van der Waals surface area contributed by atoms with Gasteiger partial charge in [0.25, 0.3) is 0 Å². The smallest absolute Gasteiger partial charge is 0.128 e. The summed E-state index contributed by atoms with van der Waals surface area (Å²) in [7, 11) is 0. The Balaban J connectivity index is 2.56. The van der Waals surface area contributed by atoms with Gasteiger partial charge in [0.05, 0.1) is 18.8 Å². The van der Waals surface area contributed by atoms with Crippen molar-refractivity contribution in [1.29, 1.82) is 0 Å². The summed E-state index contributed by atoms with van der Waals surface area (Å²) in [6.45, 7) is 7.64. The fourth-order valence-corrected chi connectivity index (χ4v) is 1.45. The molecule has 1 aromatic heterocycles. The van der Waals surface area contributed by atoms with Crippen LogP contribution in [-0.2, 0) is 11.3 Å². The maximum Gasteiger partial charge on any atom is 0.128 e. The Morgan fingerprint density at radius 2 is 2.27 bits per heavy atom. The first-order chi connectivity index (χ1) is 7.15. The fourth-order valence-electron chi connectivity index (χ4n) is 1.45. The van der Waals surface area contributed by atoms with Crippen LogP contribution in [0, 0.1) is 0 Å². The molecule has 15 heavy (non-hydrogen) atoms. The Kier molecular flexibility index (Phi) is 4.78. The number of imidazole rings is 1. The molecule has 0 aromatic carbocycles. The highest BCUT2D eigenvalue weighted by atomic mass is 16.5. The second-order valence-corrected chi connectivity index (χ2v) is 3.97. The molecule has 1 heterocycles. The Bertz CT molecular complexity index is 283. The number of hydrogen-bond acceptors (Lipinski definition) is 3. The lowest BCUT2D eigenvalue weighted by molar-refractivity contribution is 0.0663. The molecule has 0 radical (unpaired) electrons. The second kappa shape index (κ2) is 5.88. The van der Waals surface area contributed by atoms with E-state index in [0.717, 1.165) is 18.8 Å².